The normalized spacial score (nSPS) is 20.3. The average Bonchev–Trinajstić information content (AvgIpc) is 3.29. The molecule has 0 spiro atoms. The van der Waals surface area contributed by atoms with Crippen molar-refractivity contribution in [2.24, 2.45) is 0 Å². The highest BCUT2D eigenvalue weighted by molar-refractivity contribution is 6.99. The van der Waals surface area contributed by atoms with Gasteiger partial charge in [-0.2, -0.15) is 0 Å². The van der Waals surface area contributed by atoms with Crippen LogP contribution < -0.4 is 21.6 Å². The van der Waals surface area contributed by atoms with Crippen molar-refractivity contribution in [3.05, 3.63) is 93.3 Å². The third-order valence-corrected chi connectivity index (χ3v) is 12.3. The van der Waals surface area contributed by atoms with Crippen LogP contribution in [0.1, 0.15) is 58.7 Å². The molecule has 1 aromatic heterocycles. The van der Waals surface area contributed by atoms with Gasteiger partial charge in [0.05, 0.1) is 12.7 Å². The number of nitrogens with zero attached hydrogens (tertiary/aromatic N) is 1. The monoisotopic (exact) mass is 522 g/mol. The molecule has 198 valence electrons. The average molecular weight is 523 g/mol. The number of aryl methyl sites for hydroxylation is 1. The van der Waals surface area contributed by atoms with Crippen molar-refractivity contribution in [2.75, 3.05) is 6.61 Å². The van der Waals surface area contributed by atoms with Gasteiger partial charge in [-0.05, 0) is 28.3 Å². The molecule has 0 unspecified atom stereocenters. The second-order valence-electron chi connectivity index (χ2n) is 10.8. The van der Waals surface area contributed by atoms with E-state index in [1.54, 1.807) is 6.20 Å². The van der Waals surface area contributed by atoms with Crippen LogP contribution in [0.2, 0.25) is 5.04 Å². The number of unbranched alkanes of at least 4 members (excludes halogenated alkanes) is 1. The van der Waals surface area contributed by atoms with Gasteiger partial charge in [0.25, 0.3) is 13.9 Å². The lowest BCUT2D eigenvalue weighted by molar-refractivity contribution is -0.0434. The van der Waals surface area contributed by atoms with Gasteiger partial charge in [0, 0.05) is 18.2 Å². The van der Waals surface area contributed by atoms with Crippen molar-refractivity contribution in [1.29, 1.82) is 0 Å². The topological polar surface area (TPSA) is 93.6 Å². The molecular weight excluding hydrogens is 484 g/mol. The minimum absolute atomic E-state index is 0.236. The summed E-state index contributed by atoms with van der Waals surface area (Å²) in [6.07, 6.45) is 2.68. The zero-order chi connectivity index (χ0) is 26.6. The first-order valence-electron chi connectivity index (χ1n) is 13.1. The Bertz CT molecular complexity index is 1240. The molecular formula is C29H38N2O5Si. The van der Waals surface area contributed by atoms with Gasteiger partial charge < -0.3 is 14.3 Å². The van der Waals surface area contributed by atoms with E-state index in [0.717, 1.165) is 23.2 Å². The van der Waals surface area contributed by atoms with Crippen LogP contribution in [0.3, 0.4) is 0 Å². The predicted octanol–water partition coefficient (Wildman–Crippen LogP) is 3.10. The molecule has 1 fully saturated rings. The second kappa shape index (κ2) is 11.3. The van der Waals surface area contributed by atoms with Crippen LogP contribution in [0.4, 0.5) is 0 Å². The summed E-state index contributed by atoms with van der Waals surface area (Å²) in [6.45, 7) is 8.43. The Morgan fingerprint density at radius 2 is 1.65 bits per heavy atom. The van der Waals surface area contributed by atoms with Gasteiger partial charge >= 0.3 is 5.69 Å². The number of nitrogens with one attached hydrogen (secondary N) is 1. The van der Waals surface area contributed by atoms with Crippen LogP contribution in [0.15, 0.2) is 76.4 Å². The molecule has 1 aliphatic rings. The first-order valence-corrected chi connectivity index (χ1v) is 15.0. The maximum atomic E-state index is 12.8. The fraction of sp³-hybridized carbons (Fsp3) is 0.448. The Hall–Kier alpha value is -2.78. The fourth-order valence-electron chi connectivity index (χ4n) is 5.36. The Kier molecular flexibility index (Phi) is 8.33. The molecule has 4 rings (SSSR count). The van der Waals surface area contributed by atoms with Crippen LogP contribution in [-0.2, 0) is 15.6 Å². The minimum Gasteiger partial charge on any atom is -0.402 e. The number of aromatic amines is 1. The summed E-state index contributed by atoms with van der Waals surface area (Å²) in [6, 6.07) is 20.6. The summed E-state index contributed by atoms with van der Waals surface area (Å²) >= 11 is 0. The van der Waals surface area contributed by atoms with E-state index in [9.17, 15) is 14.7 Å². The standard InChI is InChI=1S/C29H38N2O5Si/c1-5-6-13-21-19-31(28(34)30-27(21)33)26-18-24(25(20-32)35-26)36-37(29(2,3)4,22-14-9-7-10-15-22)23-16-11-8-12-17-23/h7-12,14-17,19,24-26,32H,5-6,13,18,20H2,1-4H3,(H,30,33,34)/t24-,25+,26+/m0/s1. The number of aliphatic hydroxyl groups excluding tert-OH is 1. The van der Waals surface area contributed by atoms with Crippen molar-refractivity contribution in [1.82, 2.24) is 9.55 Å². The Labute approximate surface area is 219 Å². The van der Waals surface area contributed by atoms with E-state index < -0.39 is 32.4 Å². The van der Waals surface area contributed by atoms with Crippen LogP contribution in [0, 0.1) is 0 Å². The molecule has 7 nitrogen and oxygen atoms in total. The molecule has 0 aliphatic carbocycles. The maximum absolute atomic E-state index is 12.8. The van der Waals surface area contributed by atoms with E-state index in [2.05, 4.69) is 56.9 Å². The Morgan fingerprint density at radius 1 is 1.05 bits per heavy atom. The van der Waals surface area contributed by atoms with Crippen molar-refractivity contribution in [3.63, 3.8) is 0 Å². The fourth-order valence-corrected chi connectivity index (χ4v) is 10.1. The zero-order valence-corrected chi connectivity index (χ0v) is 23.1. The SMILES string of the molecule is CCCCc1cn([C@H]2C[C@H](O[Si](c3ccccc3)(c3ccccc3)C(C)(C)C)[C@@H](CO)O2)c(=O)[nH]c1=O. The number of aliphatic hydroxyl groups is 1. The van der Waals surface area contributed by atoms with E-state index >= 15 is 0 Å². The first kappa shape index (κ1) is 27.3. The van der Waals surface area contributed by atoms with E-state index in [4.69, 9.17) is 9.16 Å². The number of hydrogen-bond acceptors (Lipinski definition) is 5. The Morgan fingerprint density at radius 3 is 2.16 bits per heavy atom. The lowest BCUT2D eigenvalue weighted by Gasteiger charge is -2.45. The Balaban J connectivity index is 1.75. The lowest BCUT2D eigenvalue weighted by atomic mass is 10.1. The number of rotatable bonds is 9. The molecule has 0 radical (unpaired) electrons. The highest BCUT2D eigenvalue weighted by Gasteiger charge is 2.53. The van der Waals surface area contributed by atoms with Gasteiger partial charge in [0.2, 0.25) is 0 Å². The quantitative estimate of drug-likeness (QED) is 0.421. The van der Waals surface area contributed by atoms with Crippen LogP contribution in [0.5, 0.6) is 0 Å². The third-order valence-electron chi connectivity index (χ3n) is 7.26. The van der Waals surface area contributed by atoms with Gasteiger partial charge in [-0.15, -0.1) is 0 Å². The molecule has 8 heteroatoms. The first-order chi connectivity index (χ1) is 17.7. The summed E-state index contributed by atoms with van der Waals surface area (Å²) in [5.74, 6) is 0. The van der Waals surface area contributed by atoms with Crippen LogP contribution in [0.25, 0.3) is 0 Å². The number of ether oxygens (including phenoxy) is 1. The summed E-state index contributed by atoms with van der Waals surface area (Å²) in [7, 11) is -2.89. The van der Waals surface area contributed by atoms with E-state index in [1.807, 2.05) is 36.4 Å². The van der Waals surface area contributed by atoms with Gasteiger partial charge in [0.15, 0.2) is 0 Å². The van der Waals surface area contributed by atoms with E-state index in [-0.39, 0.29) is 17.2 Å². The molecule has 0 bridgehead atoms. The summed E-state index contributed by atoms with van der Waals surface area (Å²) < 4.78 is 14.9. The molecule has 3 atom stereocenters. The number of aromatic nitrogens is 2. The minimum atomic E-state index is -2.89. The van der Waals surface area contributed by atoms with Gasteiger partial charge in [0.1, 0.15) is 12.3 Å². The van der Waals surface area contributed by atoms with Gasteiger partial charge in [-0.25, -0.2) is 4.79 Å². The number of H-pyrrole nitrogens is 1. The molecule has 2 N–H and O–H groups in total. The van der Waals surface area contributed by atoms with Crippen molar-refractivity contribution >= 4 is 18.7 Å². The molecule has 2 heterocycles. The van der Waals surface area contributed by atoms with E-state index in [1.165, 1.54) is 4.57 Å². The van der Waals surface area contributed by atoms with Crippen molar-refractivity contribution in [3.8, 4) is 0 Å². The largest absolute Gasteiger partial charge is 0.402 e. The molecule has 0 amide bonds. The highest BCUT2D eigenvalue weighted by atomic mass is 28.4. The van der Waals surface area contributed by atoms with Gasteiger partial charge in [-0.3, -0.25) is 14.3 Å². The molecule has 0 saturated carbocycles. The highest BCUT2D eigenvalue weighted by Crippen LogP contribution is 2.41. The molecule has 1 saturated heterocycles. The van der Waals surface area contributed by atoms with Crippen LogP contribution in [-0.4, -0.2) is 41.8 Å². The number of benzene rings is 2. The molecule has 37 heavy (non-hydrogen) atoms. The van der Waals surface area contributed by atoms with Gasteiger partial charge in [-0.1, -0.05) is 94.8 Å². The summed E-state index contributed by atoms with van der Waals surface area (Å²) in [5, 5.41) is 12.3. The van der Waals surface area contributed by atoms with E-state index in [0.29, 0.717) is 18.4 Å². The predicted molar refractivity (Wildman–Crippen MR) is 148 cm³/mol. The lowest BCUT2D eigenvalue weighted by Crippen LogP contribution is -2.68. The maximum Gasteiger partial charge on any atom is 0.330 e. The smallest absolute Gasteiger partial charge is 0.330 e. The molecule has 2 aromatic carbocycles. The summed E-state index contributed by atoms with van der Waals surface area (Å²) in [4.78, 5) is 27.6. The van der Waals surface area contributed by atoms with Crippen LogP contribution >= 0.6 is 0 Å². The number of hydrogen-bond donors (Lipinski definition) is 2. The second-order valence-corrected chi connectivity index (χ2v) is 15.0. The molecule has 3 aromatic rings. The van der Waals surface area contributed by atoms with Crippen molar-refractivity contribution < 1.29 is 14.3 Å². The third kappa shape index (κ3) is 5.43. The summed E-state index contributed by atoms with van der Waals surface area (Å²) in [5.41, 5.74) is -0.313. The van der Waals surface area contributed by atoms with Crippen molar-refractivity contribution in [2.45, 2.75) is 76.9 Å². The zero-order valence-electron chi connectivity index (χ0n) is 22.1. The molecule has 1 aliphatic heterocycles.